The molecule has 172 valence electrons. The molecule has 0 unspecified atom stereocenters. The Morgan fingerprint density at radius 2 is 1.39 bits per heavy atom. The van der Waals surface area contributed by atoms with Gasteiger partial charge in [-0.15, -0.1) is 11.3 Å². The molecule has 3 aromatic heterocycles. The molecule has 0 spiro atoms. The summed E-state index contributed by atoms with van der Waals surface area (Å²) in [7, 11) is 0. The monoisotopic (exact) mass is 481 g/mol. The van der Waals surface area contributed by atoms with Crippen LogP contribution in [0.2, 0.25) is 0 Å². The van der Waals surface area contributed by atoms with Gasteiger partial charge in [0.25, 0.3) is 0 Å². The maximum atomic E-state index is 5.03. The smallest absolute Gasteiger partial charge is 0.160 e. The van der Waals surface area contributed by atoms with Crippen molar-refractivity contribution in [3.8, 4) is 39.6 Å². The Morgan fingerprint density at radius 3 is 2.11 bits per heavy atom. The van der Waals surface area contributed by atoms with E-state index in [9.17, 15) is 0 Å². The summed E-state index contributed by atoms with van der Waals surface area (Å²) in [5.41, 5.74) is 8.91. The number of hydrogen-bond acceptors (Lipinski definition) is 3. The van der Waals surface area contributed by atoms with Gasteiger partial charge in [-0.3, -0.25) is 0 Å². The molecule has 1 aliphatic carbocycles. The minimum absolute atomic E-state index is 0.732. The van der Waals surface area contributed by atoms with Crippen molar-refractivity contribution in [2.75, 3.05) is 0 Å². The predicted molar refractivity (Wildman–Crippen MR) is 150 cm³/mol. The van der Waals surface area contributed by atoms with Crippen LogP contribution in [0.25, 0.3) is 55.9 Å². The molecule has 1 aliphatic rings. The van der Waals surface area contributed by atoms with E-state index in [-0.39, 0.29) is 0 Å². The second kappa shape index (κ2) is 8.74. The number of rotatable bonds is 4. The number of thiophene rings is 1. The molecule has 3 aromatic carbocycles. The highest BCUT2D eigenvalue weighted by Crippen LogP contribution is 2.37. The summed E-state index contributed by atoms with van der Waals surface area (Å²) in [6, 6.07) is 33.6. The highest BCUT2D eigenvalue weighted by molar-refractivity contribution is 7.16. The van der Waals surface area contributed by atoms with Gasteiger partial charge >= 0.3 is 0 Å². The van der Waals surface area contributed by atoms with Crippen LogP contribution in [0.3, 0.4) is 0 Å². The number of fused-ring (bicyclic) bond motifs is 3. The van der Waals surface area contributed by atoms with Crippen molar-refractivity contribution in [1.29, 1.82) is 0 Å². The Kier molecular flexibility index (Phi) is 5.11. The first-order valence-corrected chi connectivity index (χ1v) is 13.1. The van der Waals surface area contributed by atoms with Gasteiger partial charge in [-0.05, 0) is 54.1 Å². The lowest BCUT2D eigenvalue weighted by Gasteiger charge is -2.13. The second-order valence-electron chi connectivity index (χ2n) is 9.02. The fourth-order valence-electron chi connectivity index (χ4n) is 5.08. The third kappa shape index (κ3) is 3.58. The van der Waals surface area contributed by atoms with Crippen LogP contribution in [0.5, 0.6) is 0 Å². The zero-order valence-electron chi connectivity index (χ0n) is 19.6. The van der Waals surface area contributed by atoms with E-state index in [0.717, 1.165) is 52.4 Å². The molecule has 0 bridgehead atoms. The third-order valence-corrected chi connectivity index (χ3v) is 7.69. The van der Waals surface area contributed by atoms with Gasteiger partial charge in [-0.1, -0.05) is 78.9 Å². The fraction of sp³-hybridized carbons (Fsp3) is 0.0625. The zero-order valence-corrected chi connectivity index (χ0v) is 20.5. The van der Waals surface area contributed by atoms with Crippen LogP contribution in [0.1, 0.15) is 17.7 Å². The molecule has 0 fully saturated rings. The van der Waals surface area contributed by atoms with Gasteiger partial charge in [0, 0.05) is 27.8 Å². The van der Waals surface area contributed by atoms with Gasteiger partial charge in [0.15, 0.2) is 5.82 Å². The topological polar surface area (TPSA) is 30.7 Å². The van der Waals surface area contributed by atoms with E-state index < -0.39 is 0 Å². The molecule has 0 saturated carbocycles. The van der Waals surface area contributed by atoms with E-state index in [4.69, 9.17) is 9.97 Å². The molecule has 3 nitrogen and oxygen atoms in total. The zero-order chi connectivity index (χ0) is 23.9. The molecule has 36 heavy (non-hydrogen) atoms. The number of aryl methyl sites for hydroxylation is 1. The molecule has 0 radical (unpaired) electrons. The summed E-state index contributed by atoms with van der Waals surface area (Å²) in [6.07, 6.45) is 6.75. The lowest BCUT2D eigenvalue weighted by Crippen LogP contribution is -2.01. The summed E-state index contributed by atoms with van der Waals surface area (Å²) < 4.78 is 2.40. The van der Waals surface area contributed by atoms with Crippen molar-refractivity contribution in [3.63, 3.8) is 0 Å². The van der Waals surface area contributed by atoms with Crippen LogP contribution in [0, 0.1) is 0 Å². The average Bonchev–Trinajstić information content (AvgIpc) is 3.55. The largest absolute Gasteiger partial charge is 0.301 e. The molecule has 0 N–H and O–H groups in total. The predicted octanol–water partition coefficient (Wildman–Crippen LogP) is 8.44. The number of benzene rings is 3. The Bertz CT molecular complexity index is 1670. The molecule has 0 atom stereocenters. The number of allylic oxidation sites excluding steroid dienone is 1. The first kappa shape index (κ1) is 21.0. The number of nitrogens with zero attached hydrogens (tertiary/aromatic N) is 3. The Hall–Kier alpha value is -4.28. The van der Waals surface area contributed by atoms with Crippen LogP contribution < -0.4 is 0 Å². The maximum Gasteiger partial charge on any atom is 0.160 e. The van der Waals surface area contributed by atoms with Gasteiger partial charge in [-0.25, -0.2) is 9.97 Å². The summed E-state index contributed by atoms with van der Waals surface area (Å²) in [5.74, 6) is 0.732. The minimum Gasteiger partial charge on any atom is -0.301 e. The van der Waals surface area contributed by atoms with Crippen LogP contribution in [-0.2, 0) is 6.42 Å². The molecular weight excluding hydrogens is 458 g/mol. The summed E-state index contributed by atoms with van der Waals surface area (Å²) in [6.45, 7) is 0. The summed E-state index contributed by atoms with van der Waals surface area (Å²) in [5, 5.41) is 3.57. The van der Waals surface area contributed by atoms with E-state index in [1.807, 2.05) is 12.1 Å². The standard InChI is InChI=1S/C32H23N3S/c1-3-10-22(11-4-1)28-21-29(23-12-5-2-6-13-23)34-31(33-28)24-14-9-15-25(20-24)35-30-17-8-7-16-26(30)27-18-19-36-32(27)35/h1-6,8-15,17-21H,7,16H2. The summed E-state index contributed by atoms with van der Waals surface area (Å²) in [4.78, 5) is 11.4. The molecule has 0 saturated heterocycles. The summed E-state index contributed by atoms with van der Waals surface area (Å²) >= 11 is 1.80. The highest BCUT2D eigenvalue weighted by Gasteiger charge is 2.20. The second-order valence-corrected chi connectivity index (χ2v) is 9.92. The highest BCUT2D eigenvalue weighted by atomic mass is 32.1. The van der Waals surface area contributed by atoms with Crippen molar-refractivity contribution >= 4 is 27.6 Å². The molecular formula is C32H23N3S. The molecule has 0 aliphatic heterocycles. The molecule has 3 heterocycles. The van der Waals surface area contributed by atoms with Crippen molar-refractivity contribution in [1.82, 2.24) is 14.5 Å². The van der Waals surface area contributed by atoms with Crippen LogP contribution in [0.15, 0.2) is 109 Å². The van der Waals surface area contributed by atoms with Crippen molar-refractivity contribution < 1.29 is 0 Å². The number of hydrogen-bond donors (Lipinski definition) is 0. The lowest BCUT2D eigenvalue weighted by molar-refractivity contribution is 0.968. The maximum absolute atomic E-state index is 5.03. The van der Waals surface area contributed by atoms with E-state index in [1.54, 1.807) is 11.3 Å². The van der Waals surface area contributed by atoms with Gasteiger partial charge < -0.3 is 4.57 Å². The molecule has 6 aromatic rings. The molecule has 7 rings (SSSR count). The normalized spacial score (nSPS) is 12.7. The van der Waals surface area contributed by atoms with Crippen LogP contribution >= 0.6 is 11.3 Å². The first-order valence-electron chi connectivity index (χ1n) is 12.2. The van der Waals surface area contributed by atoms with E-state index in [1.165, 1.54) is 21.5 Å². The minimum atomic E-state index is 0.732. The van der Waals surface area contributed by atoms with Gasteiger partial charge in [0.05, 0.1) is 17.1 Å². The molecule has 4 heteroatoms. The van der Waals surface area contributed by atoms with E-state index >= 15 is 0 Å². The van der Waals surface area contributed by atoms with Crippen molar-refractivity contribution in [3.05, 3.63) is 120 Å². The Labute approximate surface area is 214 Å². The average molecular weight is 482 g/mol. The van der Waals surface area contributed by atoms with Gasteiger partial charge in [0.2, 0.25) is 0 Å². The fourth-order valence-corrected chi connectivity index (χ4v) is 6.04. The van der Waals surface area contributed by atoms with Crippen LogP contribution in [0.4, 0.5) is 0 Å². The van der Waals surface area contributed by atoms with E-state index in [0.29, 0.717) is 0 Å². The van der Waals surface area contributed by atoms with E-state index in [2.05, 4.69) is 107 Å². The van der Waals surface area contributed by atoms with Gasteiger partial charge in [0.1, 0.15) is 4.83 Å². The lowest BCUT2D eigenvalue weighted by atomic mass is 10.0. The SMILES string of the molecule is C1=Cc2c(c3ccsc3n2-c2cccc(-c3nc(-c4ccccc4)cc(-c4ccccc4)n3)c2)CC1. The third-order valence-electron chi connectivity index (χ3n) is 6.79. The quantitative estimate of drug-likeness (QED) is 0.253. The van der Waals surface area contributed by atoms with Crippen molar-refractivity contribution in [2.45, 2.75) is 12.8 Å². The number of aromatic nitrogens is 3. The van der Waals surface area contributed by atoms with Gasteiger partial charge in [-0.2, -0.15) is 0 Å². The first-order chi connectivity index (χ1) is 17.8. The van der Waals surface area contributed by atoms with Crippen molar-refractivity contribution in [2.24, 2.45) is 0 Å². The Balaban J connectivity index is 1.41. The Morgan fingerprint density at radius 1 is 0.694 bits per heavy atom. The molecule has 0 amide bonds. The van der Waals surface area contributed by atoms with Crippen LogP contribution in [-0.4, -0.2) is 14.5 Å².